The zero-order chi connectivity index (χ0) is 24.0. The second kappa shape index (κ2) is 10.4. The van der Waals surface area contributed by atoms with Crippen LogP contribution in [0.15, 0.2) is 83.8 Å². The molecule has 1 heterocycles. The van der Waals surface area contributed by atoms with Crippen molar-refractivity contribution < 1.29 is 22.7 Å². The van der Waals surface area contributed by atoms with Crippen molar-refractivity contribution in [1.82, 2.24) is 10.6 Å². The van der Waals surface area contributed by atoms with Crippen LogP contribution in [0, 0.1) is 0 Å². The summed E-state index contributed by atoms with van der Waals surface area (Å²) in [6.07, 6.45) is 0.392. The van der Waals surface area contributed by atoms with Gasteiger partial charge in [0.05, 0.1) is 22.7 Å². The van der Waals surface area contributed by atoms with Crippen LogP contribution in [0.3, 0.4) is 0 Å². The maximum absolute atomic E-state index is 12.9. The van der Waals surface area contributed by atoms with E-state index in [1.165, 1.54) is 18.2 Å². The number of carbonyl (C=O) groups is 2. The standard InChI is InChI=1S/C25H25N3O5S/c29-24-16-19(17-27-24)18-10-12-21(13-11-18)34(31,32)28-23-9-5-4-8-22(23)25(30)26-14-15-33-20-6-2-1-3-7-20/h1-13,19,28H,14-17H2,(H,26,30)(H,27,29). The number of sulfonamides is 1. The van der Waals surface area contributed by atoms with E-state index in [2.05, 4.69) is 15.4 Å². The lowest BCUT2D eigenvalue weighted by molar-refractivity contribution is -0.119. The summed E-state index contributed by atoms with van der Waals surface area (Å²) in [4.78, 5) is 24.2. The van der Waals surface area contributed by atoms with Gasteiger partial charge < -0.3 is 15.4 Å². The molecule has 2 amide bonds. The smallest absolute Gasteiger partial charge is 0.261 e. The number of amides is 2. The Kier molecular flexibility index (Phi) is 7.12. The Bertz CT molecular complexity index is 1260. The first kappa shape index (κ1) is 23.3. The Morgan fingerprint density at radius 3 is 2.38 bits per heavy atom. The number of para-hydroxylation sites is 2. The van der Waals surface area contributed by atoms with E-state index in [4.69, 9.17) is 4.74 Å². The van der Waals surface area contributed by atoms with Crippen molar-refractivity contribution in [3.8, 4) is 5.75 Å². The maximum Gasteiger partial charge on any atom is 0.261 e. The molecule has 1 fully saturated rings. The minimum absolute atomic E-state index is 0.00937. The van der Waals surface area contributed by atoms with E-state index < -0.39 is 15.9 Å². The lowest BCUT2D eigenvalue weighted by Gasteiger charge is -2.14. The summed E-state index contributed by atoms with van der Waals surface area (Å²) in [5.74, 6) is 0.313. The highest BCUT2D eigenvalue weighted by molar-refractivity contribution is 7.92. The topological polar surface area (TPSA) is 114 Å². The van der Waals surface area contributed by atoms with E-state index in [0.29, 0.717) is 18.7 Å². The third-order valence-corrected chi connectivity index (χ3v) is 6.84. The molecule has 9 heteroatoms. The molecular weight excluding hydrogens is 454 g/mol. The fourth-order valence-corrected chi connectivity index (χ4v) is 4.76. The minimum atomic E-state index is -3.92. The Labute approximate surface area is 198 Å². The van der Waals surface area contributed by atoms with Gasteiger partial charge >= 0.3 is 0 Å². The molecule has 0 aliphatic carbocycles. The van der Waals surface area contributed by atoms with Crippen LogP contribution in [-0.2, 0) is 14.8 Å². The van der Waals surface area contributed by atoms with Crippen molar-refractivity contribution in [3.05, 3.63) is 90.0 Å². The van der Waals surface area contributed by atoms with E-state index >= 15 is 0 Å². The SMILES string of the molecule is O=C1CC(c2ccc(S(=O)(=O)Nc3ccccc3C(=O)NCCOc3ccccc3)cc2)CN1. The van der Waals surface area contributed by atoms with Crippen LogP contribution in [0.1, 0.15) is 28.3 Å². The molecule has 8 nitrogen and oxygen atoms in total. The normalized spacial score (nSPS) is 15.4. The fraction of sp³-hybridized carbons (Fsp3) is 0.200. The molecule has 1 atom stereocenters. The number of nitrogens with one attached hydrogen (secondary N) is 3. The largest absolute Gasteiger partial charge is 0.492 e. The molecular formula is C25H25N3O5S. The van der Waals surface area contributed by atoms with Crippen molar-refractivity contribution in [1.29, 1.82) is 0 Å². The van der Waals surface area contributed by atoms with Gasteiger partial charge in [0.1, 0.15) is 12.4 Å². The summed E-state index contributed by atoms with van der Waals surface area (Å²) in [6, 6.07) is 22.1. The second-order valence-corrected chi connectivity index (χ2v) is 9.53. The first-order valence-corrected chi connectivity index (χ1v) is 12.4. The summed E-state index contributed by atoms with van der Waals surface area (Å²) in [5.41, 5.74) is 1.28. The quantitative estimate of drug-likeness (QED) is 0.409. The van der Waals surface area contributed by atoms with Crippen LogP contribution in [0.2, 0.25) is 0 Å². The first-order chi connectivity index (χ1) is 16.4. The van der Waals surface area contributed by atoms with E-state index in [1.807, 2.05) is 30.3 Å². The van der Waals surface area contributed by atoms with E-state index in [9.17, 15) is 18.0 Å². The number of hydrogen-bond acceptors (Lipinski definition) is 5. The zero-order valence-electron chi connectivity index (χ0n) is 18.4. The van der Waals surface area contributed by atoms with Crippen molar-refractivity contribution in [2.75, 3.05) is 24.4 Å². The molecule has 3 aromatic rings. The third kappa shape index (κ3) is 5.74. The van der Waals surface area contributed by atoms with Crippen LogP contribution in [0.4, 0.5) is 5.69 Å². The summed E-state index contributed by atoms with van der Waals surface area (Å²) in [7, 11) is -3.92. The maximum atomic E-state index is 12.9. The van der Waals surface area contributed by atoms with Gasteiger partial charge in [-0.25, -0.2) is 8.42 Å². The number of benzene rings is 3. The van der Waals surface area contributed by atoms with Crippen LogP contribution < -0.4 is 20.1 Å². The molecule has 0 spiro atoms. The van der Waals surface area contributed by atoms with Crippen LogP contribution in [0.25, 0.3) is 0 Å². The highest BCUT2D eigenvalue weighted by Crippen LogP contribution is 2.25. The number of rotatable bonds is 9. The van der Waals surface area contributed by atoms with Gasteiger partial charge in [-0.15, -0.1) is 0 Å². The number of ether oxygens (including phenoxy) is 1. The molecule has 4 rings (SSSR count). The first-order valence-electron chi connectivity index (χ1n) is 10.9. The van der Waals surface area contributed by atoms with Gasteiger partial charge in [-0.05, 0) is 42.0 Å². The summed E-state index contributed by atoms with van der Waals surface area (Å²) in [5, 5.41) is 5.52. The van der Waals surface area contributed by atoms with Crippen molar-refractivity contribution in [3.63, 3.8) is 0 Å². The second-order valence-electron chi connectivity index (χ2n) is 7.84. The van der Waals surface area contributed by atoms with Crippen LogP contribution >= 0.6 is 0 Å². The Morgan fingerprint density at radius 1 is 0.971 bits per heavy atom. The molecule has 1 aliphatic rings. The molecule has 0 bridgehead atoms. The fourth-order valence-electron chi connectivity index (χ4n) is 3.68. The van der Waals surface area contributed by atoms with Crippen LogP contribution in [0.5, 0.6) is 5.75 Å². The molecule has 1 aliphatic heterocycles. The average molecular weight is 480 g/mol. The molecule has 1 unspecified atom stereocenters. The number of anilines is 1. The van der Waals surface area contributed by atoms with Crippen molar-refractivity contribution in [2.24, 2.45) is 0 Å². The van der Waals surface area contributed by atoms with Gasteiger partial charge in [0, 0.05) is 18.9 Å². The number of hydrogen-bond donors (Lipinski definition) is 3. The predicted molar refractivity (Wildman–Crippen MR) is 128 cm³/mol. The van der Waals surface area contributed by atoms with Gasteiger partial charge in [0.15, 0.2) is 0 Å². The van der Waals surface area contributed by atoms with Gasteiger partial charge in [-0.1, -0.05) is 42.5 Å². The third-order valence-electron chi connectivity index (χ3n) is 5.45. The number of carbonyl (C=O) groups excluding carboxylic acids is 2. The molecule has 0 saturated carbocycles. The summed E-state index contributed by atoms with van der Waals surface area (Å²) in [6.45, 7) is 1.08. The van der Waals surface area contributed by atoms with Crippen LogP contribution in [-0.4, -0.2) is 39.9 Å². The molecule has 3 aromatic carbocycles. The summed E-state index contributed by atoms with van der Waals surface area (Å²) >= 11 is 0. The van der Waals surface area contributed by atoms with Crippen molar-refractivity contribution >= 4 is 27.5 Å². The predicted octanol–water partition coefficient (Wildman–Crippen LogP) is 2.90. The van der Waals surface area contributed by atoms with Gasteiger partial charge in [-0.3, -0.25) is 14.3 Å². The molecule has 34 heavy (non-hydrogen) atoms. The summed E-state index contributed by atoms with van der Waals surface area (Å²) < 4.78 is 34.0. The highest BCUT2D eigenvalue weighted by Gasteiger charge is 2.24. The Hall–Kier alpha value is -3.85. The highest BCUT2D eigenvalue weighted by atomic mass is 32.2. The Morgan fingerprint density at radius 2 is 1.68 bits per heavy atom. The minimum Gasteiger partial charge on any atom is -0.492 e. The van der Waals surface area contributed by atoms with Gasteiger partial charge in [0.2, 0.25) is 5.91 Å². The monoisotopic (exact) mass is 479 g/mol. The van der Waals surface area contributed by atoms with Gasteiger partial charge in [0.25, 0.3) is 15.9 Å². The molecule has 176 valence electrons. The van der Waals surface area contributed by atoms with E-state index in [0.717, 1.165) is 5.56 Å². The lowest BCUT2D eigenvalue weighted by Crippen LogP contribution is -2.29. The molecule has 1 saturated heterocycles. The van der Waals surface area contributed by atoms with E-state index in [1.54, 1.807) is 30.3 Å². The zero-order valence-corrected chi connectivity index (χ0v) is 19.2. The molecule has 0 aromatic heterocycles. The Balaban J connectivity index is 1.39. The molecule has 0 radical (unpaired) electrons. The average Bonchev–Trinajstić information content (AvgIpc) is 3.29. The van der Waals surface area contributed by atoms with E-state index in [-0.39, 0.29) is 41.1 Å². The van der Waals surface area contributed by atoms with Crippen molar-refractivity contribution in [2.45, 2.75) is 17.2 Å². The van der Waals surface area contributed by atoms with Gasteiger partial charge in [-0.2, -0.15) is 0 Å². The lowest BCUT2D eigenvalue weighted by atomic mass is 9.99. The molecule has 3 N–H and O–H groups in total.